The fraction of sp³-hybridized carbons (Fsp3) is 0.250. The zero-order valence-corrected chi connectivity index (χ0v) is 8.21. The highest BCUT2D eigenvalue weighted by Gasteiger charge is 2.21. The molecule has 0 nitrogen and oxygen atoms in total. The fourth-order valence-corrected chi connectivity index (χ4v) is 1.17. The van der Waals surface area contributed by atoms with Crippen LogP contribution in [0.5, 0.6) is 0 Å². The molecular formula is C8H7Cl3. The van der Waals surface area contributed by atoms with Gasteiger partial charge >= 0.3 is 0 Å². The molecule has 0 bridgehead atoms. The van der Waals surface area contributed by atoms with E-state index in [4.69, 9.17) is 34.8 Å². The van der Waals surface area contributed by atoms with Crippen molar-refractivity contribution in [2.75, 3.05) is 0 Å². The van der Waals surface area contributed by atoms with Crippen LogP contribution in [0.15, 0.2) is 24.3 Å². The van der Waals surface area contributed by atoms with E-state index in [9.17, 15) is 0 Å². The van der Waals surface area contributed by atoms with E-state index >= 15 is 0 Å². The third kappa shape index (κ3) is 2.55. The van der Waals surface area contributed by atoms with Crippen molar-refractivity contribution in [3.63, 3.8) is 0 Å². The standard InChI is InChI=1S/C8H7Cl3/c1-6-3-2-4-7(5-6)8(9,10)11/h2-5H,1H3. The number of aryl methyl sites for hydroxylation is 1. The highest BCUT2D eigenvalue weighted by molar-refractivity contribution is 6.66. The Balaban J connectivity index is 3.06. The van der Waals surface area contributed by atoms with Crippen LogP contribution < -0.4 is 0 Å². The molecule has 0 aromatic heterocycles. The quantitative estimate of drug-likeness (QED) is 0.570. The minimum atomic E-state index is -1.30. The van der Waals surface area contributed by atoms with E-state index in [1.54, 1.807) is 6.07 Å². The molecule has 0 radical (unpaired) electrons. The van der Waals surface area contributed by atoms with E-state index in [1.807, 2.05) is 25.1 Å². The number of rotatable bonds is 0. The van der Waals surface area contributed by atoms with Crippen molar-refractivity contribution < 1.29 is 0 Å². The van der Waals surface area contributed by atoms with Crippen molar-refractivity contribution in [1.29, 1.82) is 0 Å². The molecule has 1 aromatic rings. The second kappa shape index (κ2) is 3.22. The van der Waals surface area contributed by atoms with E-state index in [2.05, 4.69) is 0 Å². The van der Waals surface area contributed by atoms with Crippen LogP contribution in [0, 0.1) is 6.92 Å². The fourth-order valence-electron chi connectivity index (χ4n) is 0.821. The second-order valence-corrected chi connectivity index (χ2v) is 4.65. The van der Waals surface area contributed by atoms with Crippen LogP contribution >= 0.6 is 34.8 Å². The normalized spacial score (nSPS) is 11.6. The number of benzene rings is 1. The highest BCUT2D eigenvalue weighted by atomic mass is 35.6. The van der Waals surface area contributed by atoms with Crippen LogP contribution in [0.4, 0.5) is 0 Å². The van der Waals surface area contributed by atoms with E-state index in [0.717, 1.165) is 5.56 Å². The van der Waals surface area contributed by atoms with Crippen molar-refractivity contribution in [2.24, 2.45) is 0 Å². The van der Waals surface area contributed by atoms with E-state index in [0.29, 0.717) is 5.56 Å². The molecule has 0 amide bonds. The van der Waals surface area contributed by atoms with Crippen molar-refractivity contribution in [1.82, 2.24) is 0 Å². The summed E-state index contributed by atoms with van der Waals surface area (Å²) in [6.45, 7) is 1.96. The van der Waals surface area contributed by atoms with Gasteiger partial charge in [-0.15, -0.1) is 0 Å². The maximum Gasteiger partial charge on any atom is 0.216 e. The summed E-state index contributed by atoms with van der Waals surface area (Å²) in [6, 6.07) is 7.47. The lowest BCUT2D eigenvalue weighted by Gasteiger charge is -2.10. The van der Waals surface area contributed by atoms with Crippen molar-refractivity contribution in [3.8, 4) is 0 Å². The third-order valence-corrected chi connectivity index (χ3v) is 2.00. The largest absolute Gasteiger partial charge is 0.216 e. The molecule has 0 unspecified atom stereocenters. The first kappa shape index (κ1) is 9.18. The summed E-state index contributed by atoms with van der Waals surface area (Å²) < 4.78 is -1.30. The SMILES string of the molecule is Cc1cccc(C(Cl)(Cl)Cl)c1. The maximum absolute atomic E-state index is 5.66. The Labute approximate surface area is 81.1 Å². The number of hydrogen-bond acceptors (Lipinski definition) is 0. The van der Waals surface area contributed by atoms with Gasteiger partial charge in [0.05, 0.1) is 0 Å². The van der Waals surface area contributed by atoms with Gasteiger partial charge in [-0.05, 0) is 6.92 Å². The van der Waals surface area contributed by atoms with Crippen LogP contribution in [0.1, 0.15) is 11.1 Å². The molecule has 0 heterocycles. The van der Waals surface area contributed by atoms with Gasteiger partial charge < -0.3 is 0 Å². The van der Waals surface area contributed by atoms with Crippen LogP contribution in [-0.2, 0) is 3.79 Å². The van der Waals surface area contributed by atoms with Crippen LogP contribution in [-0.4, -0.2) is 0 Å². The summed E-state index contributed by atoms with van der Waals surface area (Å²) in [5.41, 5.74) is 1.80. The Kier molecular flexibility index (Phi) is 2.69. The lowest BCUT2D eigenvalue weighted by Crippen LogP contribution is -1.99. The molecule has 1 aromatic carbocycles. The van der Waals surface area contributed by atoms with Gasteiger partial charge in [0.2, 0.25) is 3.79 Å². The first-order valence-corrected chi connectivity index (χ1v) is 4.27. The van der Waals surface area contributed by atoms with Gasteiger partial charge in [0.1, 0.15) is 0 Å². The van der Waals surface area contributed by atoms with E-state index in [1.165, 1.54) is 0 Å². The molecule has 0 aliphatic carbocycles. The topological polar surface area (TPSA) is 0 Å². The lowest BCUT2D eigenvalue weighted by molar-refractivity contribution is 1.22. The molecule has 0 saturated carbocycles. The lowest BCUT2D eigenvalue weighted by atomic mass is 10.2. The van der Waals surface area contributed by atoms with Crippen LogP contribution in [0.2, 0.25) is 0 Å². The average Bonchev–Trinajstić information content (AvgIpc) is 1.86. The Morgan fingerprint density at radius 1 is 1.18 bits per heavy atom. The van der Waals surface area contributed by atoms with Gasteiger partial charge in [0.15, 0.2) is 0 Å². The molecule has 3 heteroatoms. The Bertz CT molecular complexity index is 250. The molecule has 11 heavy (non-hydrogen) atoms. The predicted octanol–water partition coefficient (Wildman–Crippen LogP) is 3.82. The molecule has 0 atom stereocenters. The molecule has 1 rings (SSSR count). The van der Waals surface area contributed by atoms with Gasteiger partial charge in [0, 0.05) is 5.56 Å². The summed E-state index contributed by atoms with van der Waals surface area (Å²) in [7, 11) is 0. The minimum Gasteiger partial charge on any atom is -0.0784 e. The Morgan fingerprint density at radius 3 is 2.18 bits per heavy atom. The molecule has 0 N–H and O–H groups in total. The van der Waals surface area contributed by atoms with Crippen LogP contribution in [0.25, 0.3) is 0 Å². The van der Waals surface area contributed by atoms with E-state index in [-0.39, 0.29) is 0 Å². The summed E-state index contributed by atoms with van der Waals surface area (Å²) in [6.07, 6.45) is 0. The molecular weight excluding hydrogens is 202 g/mol. The average molecular weight is 210 g/mol. The summed E-state index contributed by atoms with van der Waals surface area (Å²) in [4.78, 5) is 0. The number of halogens is 3. The van der Waals surface area contributed by atoms with Gasteiger partial charge in [0.25, 0.3) is 0 Å². The van der Waals surface area contributed by atoms with Gasteiger partial charge in [-0.25, -0.2) is 0 Å². The molecule has 0 fully saturated rings. The Morgan fingerprint density at radius 2 is 1.82 bits per heavy atom. The van der Waals surface area contributed by atoms with Crippen molar-refractivity contribution in [2.45, 2.75) is 10.7 Å². The van der Waals surface area contributed by atoms with Crippen molar-refractivity contribution in [3.05, 3.63) is 35.4 Å². The van der Waals surface area contributed by atoms with Crippen LogP contribution in [0.3, 0.4) is 0 Å². The third-order valence-electron chi connectivity index (χ3n) is 1.35. The zero-order valence-electron chi connectivity index (χ0n) is 5.94. The molecule has 0 aliphatic heterocycles. The minimum absolute atomic E-state index is 0.711. The molecule has 0 saturated heterocycles. The van der Waals surface area contributed by atoms with Gasteiger partial charge in [-0.3, -0.25) is 0 Å². The first-order valence-electron chi connectivity index (χ1n) is 3.14. The summed E-state index contributed by atoms with van der Waals surface area (Å²) in [5, 5.41) is 0. The molecule has 60 valence electrons. The summed E-state index contributed by atoms with van der Waals surface area (Å²) in [5.74, 6) is 0. The van der Waals surface area contributed by atoms with Gasteiger partial charge in [-0.1, -0.05) is 64.6 Å². The Hall–Kier alpha value is 0.0900. The highest BCUT2D eigenvalue weighted by Crippen LogP contribution is 2.38. The smallest absolute Gasteiger partial charge is 0.0784 e. The number of alkyl halides is 3. The van der Waals surface area contributed by atoms with E-state index < -0.39 is 3.79 Å². The first-order chi connectivity index (χ1) is 5.00. The summed E-state index contributed by atoms with van der Waals surface area (Å²) >= 11 is 17.0. The molecule has 0 spiro atoms. The molecule has 0 aliphatic rings. The zero-order chi connectivity index (χ0) is 8.48. The monoisotopic (exact) mass is 208 g/mol. The maximum atomic E-state index is 5.66. The van der Waals surface area contributed by atoms with Gasteiger partial charge in [-0.2, -0.15) is 0 Å². The predicted molar refractivity (Wildman–Crippen MR) is 50.4 cm³/mol. The number of hydrogen-bond donors (Lipinski definition) is 0. The van der Waals surface area contributed by atoms with Crippen molar-refractivity contribution >= 4 is 34.8 Å². The second-order valence-electron chi connectivity index (χ2n) is 2.37.